The highest BCUT2D eigenvalue weighted by atomic mass is 19.1. The van der Waals surface area contributed by atoms with Crippen LogP contribution in [0.5, 0.6) is 11.6 Å². The number of aromatic nitrogens is 2. The molecule has 0 atom stereocenters. The highest BCUT2D eigenvalue weighted by molar-refractivity contribution is 5.74. The summed E-state index contributed by atoms with van der Waals surface area (Å²) in [6, 6.07) is 6.15. The van der Waals surface area contributed by atoms with Gasteiger partial charge < -0.3 is 19.9 Å². The third kappa shape index (κ3) is 4.32. The molecule has 0 aliphatic carbocycles. The summed E-state index contributed by atoms with van der Waals surface area (Å²) in [7, 11) is 0. The van der Waals surface area contributed by atoms with Gasteiger partial charge in [0, 0.05) is 32.6 Å². The Morgan fingerprint density at radius 2 is 2.00 bits per heavy atom. The fraction of sp³-hybridized carbons (Fsp3) is 0.500. The zero-order valence-electron chi connectivity index (χ0n) is 17.5. The molecule has 0 spiro atoms. The molecule has 1 saturated heterocycles. The first-order valence-electron chi connectivity index (χ1n) is 10.6. The van der Waals surface area contributed by atoms with Crippen LogP contribution >= 0.6 is 0 Å². The summed E-state index contributed by atoms with van der Waals surface area (Å²) in [6.07, 6.45) is 2.80. The Labute approximate surface area is 176 Å². The Morgan fingerprint density at radius 1 is 1.23 bits per heavy atom. The van der Waals surface area contributed by atoms with E-state index in [-0.39, 0.29) is 11.8 Å². The normalized spacial score (nSPS) is 16.9. The summed E-state index contributed by atoms with van der Waals surface area (Å²) in [5.74, 6) is 1.31. The van der Waals surface area contributed by atoms with Gasteiger partial charge in [-0.25, -0.2) is 14.2 Å². The lowest BCUT2D eigenvalue weighted by molar-refractivity contribution is 0.191. The van der Waals surface area contributed by atoms with Crippen molar-refractivity contribution in [3.05, 3.63) is 41.3 Å². The summed E-state index contributed by atoms with van der Waals surface area (Å²) in [6.45, 7) is 7.40. The molecule has 1 aromatic carbocycles. The molecular weight excluding hydrogens is 385 g/mol. The van der Waals surface area contributed by atoms with E-state index in [4.69, 9.17) is 9.72 Å². The molecule has 0 radical (unpaired) electrons. The lowest BCUT2D eigenvalue weighted by Crippen LogP contribution is -2.43. The van der Waals surface area contributed by atoms with E-state index in [9.17, 15) is 9.18 Å². The van der Waals surface area contributed by atoms with Gasteiger partial charge in [-0.3, -0.25) is 0 Å². The number of hydrogen-bond donors (Lipinski definition) is 1. The number of anilines is 1. The van der Waals surface area contributed by atoms with Gasteiger partial charge in [-0.15, -0.1) is 0 Å². The molecule has 2 amide bonds. The van der Waals surface area contributed by atoms with Crippen molar-refractivity contribution in [1.82, 2.24) is 20.2 Å². The number of fused-ring (bicyclic) bond motifs is 1. The van der Waals surface area contributed by atoms with Gasteiger partial charge in [-0.05, 0) is 37.8 Å². The number of para-hydroxylation sites is 1. The molecular formula is C22H28FN5O2. The van der Waals surface area contributed by atoms with Crippen molar-refractivity contribution in [2.24, 2.45) is 5.92 Å². The van der Waals surface area contributed by atoms with Gasteiger partial charge in [0.2, 0.25) is 11.8 Å². The summed E-state index contributed by atoms with van der Waals surface area (Å²) < 4.78 is 20.2. The smallest absolute Gasteiger partial charge is 0.317 e. The molecule has 1 N–H and O–H groups in total. The van der Waals surface area contributed by atoms with Crippen LogP contribution in [-0.2, 0) is 13.0 Å². The number of urea groups is 1. The number of hydrogen-bond acceptors (Lipinski definition) is 5. The van der Waals surface area contributed by atoms with Gasteiger partial charge in [0.15, 0.2) is 11.6 Å². The molecule has 2 aliphatic heterocycles. The second kappa shape index (κ2) is 8.85. The first-order valence-corrected chi connectivity index (χ1v) is 10.6. The molecule has 3 heterocycles. The van der Waals surface area contributed by atoms with Crippen molar-refractivity contribution in [1.29, 1.82) is 0 Å². The second-order valence-electron chi connectivity index (χ2n) is 7.96. The van der Waals surface area contributed by atoms with Crippen LogP contribution in [0.25, 0.3) is 0 Å². The average molecular weight is 413 g/mol. The number of halogens is 1. The minimum Gasteiger partial charge on any atom is -0.435 e. The Bertz CT molecular complexity index is 914. The van der Waals surface area contributed by atoms with Crippen LogP contribution in [0.3, 0.4) is 0 Å². The number of piperidine rings is 1. The first kappa shape index (κ1) is 20.4. The Hall–Kier alpha value is -2.90. The van der Waals surface area contributed by atoms with E-state index in [1.807, 2.05) is 6.92 Å². The quantitative estimate of drug-likeness (QED) is 0.827. The van der Waals surface area contributed by atoms with E-state index < -0.39 is 5.82 Å². The number of carbonyl (C=O) groups excluding carboxylic acids is 1. The van der Waals surface area contributed by atoms with Gasteiger partial charge in [0.1, 0.15) is 0 Å². The fourth-order valence-electron chi connectivity index (χ4n) is 3.87. The van der Waals surface area contributed by atoms with Crippen LogP contribution in [-0.4, -0.2) is 47.1 Å². The van der Waals surface area contributed by atoms with E-state index in [2.05, 4.69) is 22.1 Å². The van der Waals surface area contributed by atoms with E-state index in [0.717, 1.165) is 37.2 Å². The minimum absolute atomic E-state index is 0.117. The van der Waals surface area contributed by atoms with Gasteiger partial charge in [0.05, 0.1) is 17.8 Å². The zero-order chi connectivity index (χ0) is 21.1. The third-order valence-electron chi connectivity index (χ3n) is 5.74. The Kier molecular flexibility index (Phi) is 6.01. The molecule has 2 aromatic rings. The van der Waals surface area contributed by atoms with Crippen molar-refractivity contribution in [3.63, 3.8) is 0 Å². The van der Waals surface area contributed by atoms with Gasteiger partial charge in [-0.1, -0.05) is 19.1 Å². The minimum atomic E-state index is -0.449. The molecule has 160 valence electrons. The third-order valence-corrected chi connectivity index (χ3v) is 5.74. The van der Waals surface area contributed by atoms with Crippen molar-refractivity contribution >= 4 is 12.0 Å². The van der Waals surface area contributed by atoms with Crippen LogP contribution in [0.1, 0.15) is 37.9 Å². The van der Waals surface area contributed by atoms with Crippen molar-refractivity contribution in [2.75, 3.05) is 31.1 Å². The van der Waals surface area contributed by atoms with E-state index in [1.165, 1.54) is 6.07 Å². The van der Waals surface area contributed by atoms with Crippen LogP contribution in [0, 0.1) is 11.7 Å². The summed E-state index contributed by atoms with van der Waals surface area (Å²) >= 11 is 0. The lowest BCUT2D eigenvalue weighted by Gasteiger charge is -2.33. The Morgan fingerprint density at radius 3 is 2.73 bits per heavy atom. The highest BCUT2D eigenvalue weighted by Gasteiger charge is 2.28. The standard InChI is InChI=1S/C22H28FN5O2/c1-3-24-22(29)28-13-10-18-16(14-28)20(30-19-7-5-4-6-17(19)23)26-21(25-18)27-11-8-15(2)9-12-27/h4-7,15H,3,8-14H2,1-2H3,(H,24,29). The molecule has 0 unspecified atom stereocenters. The topological polar surface area (TPSA) is 70.6 Å². The van der Waals surface area contributed by atoms with Crippen LogP contribution < -0.4 is 15.0 Å². The van der Waals surface area contributed by atoms with Crippen molar-refractivity contribution in [3.8, 4) is 11.6 Å². The van der Waals surface area contributed by atoms with Crippen LogP contribution in [0.15, 0.2) is 24.3 Å². The van der Waals surface area contributed by atoms with Crippen LogP contribution in [0.4, 0.5) is 15.1 Å². The molecule has 1 fully saturated rings. The maximum Gasteiger partial charge on any atom is 0.317 e. The number of benzene rings is 1. The Balaban J connectivity index is 1.68. The van der Waals surface area contributed by atoms with Gasteiger partial charge >= 0.3 is 6.03 Å². The van der Waals surface area contributed by atoms with E-state index in [0.29, 0.717) is 43.8 Å². The number of nitrogens with zero attached hydrogens (tertiary/aromatic N) is 4. The molecule has 2 aliphatic rings. The number of carbonyl (C=O) groups is 1. The van der Waals surface area contributed by atoms with E-state index >= 15 is 0 Å². The van der Waals surface area contributed by atoms with Gasteiger partial charge in [-0.2, -0.15) is 4.98 Å². The fourth-order valence-corrected chi connectivity index (χ4v) is 3.87. The molecule has 0 bridgehead atoms. The van der Waals surface area contributed by atoms with Gasteiger partial charge in [0.25, 0.3) is 0 Å². The molecule has 7 nitrogen and oxygen atoms in total. The number of rotatable bonds is 4. The zero-order valence-corrected chi connectivity index (χ0v) is 17.5. The van der Waals surface area contributed by atoms with Crippen LogP contribution in [0.2, 0.25) is 0 Å². The van der Waals surface area contributed by atoms with Crippen molar-refractivity contribution < 1.29 is 13.9 Å². The summed E-state index contributed by atoms with van der Waals surface area (Å²) in [5.41, 5.74) is 1.61. The number of amides is 2. The molecule has 1 aromatic heterocycles. The first-order chi connectivity index (χ1) is 14.5. The van der Waals surface area contributed by atoms with Crippen molar-refractivity contribution in [2.45, 2.75) is 39.7 Å². The summed E-state index contributed by atoms with van der Waals surface area (Å²) in [5, 5.41) is 2.83. The molecule has 4 rings (SSSR count). The lowest BCUT2D eigenvalue weighted by atomic mass is 9.99. The predicted molar refractivity (Wildman–Crippen MR) is 112 cm³/mol. The predicted octanol–water partition coefficient (Wildman–Crippen LogP) is 3.73. The summed E-state index contributed by atoms with van der Waals surface area (Å²) in [4.78, 5) is 25.7. The SMILES string of the molecule is CCNC(=O)N1CCc2nc(N3CCC(C)CC3)nc(Oc3ccccc3F)c2C1. The monoisotopic (exact) mass is 413 g/mol. The largest absolute Gasteiger partial charge is 0.435 e. The second-order valence-corrected chi connectivity index (χ2v) is 7.96. The number of nitrogens with one attached hydrogen (secondary N) is 1. The molecule has 8 heteroatoms. The highest BCUT2D eigenvalue weighted by Crippen LogP contribution is 2.33. The number of ether oxygens (including phenoxy) is 1. The maximum atomic E-state index is 14.3. The molecule has 30 heavy (non-hydrogen) atoms. The van der Waals surface area contributed by atoms with E-state index in [1.54, 1.807) is 23.1 Å². The molecule has 0 saturated carbocycles. The maximum absolute atomic E-state index is 14.3. The average Bonchev–Trinajstić information content (AvgIpc) is 2.75.